The summed E-state index contributed by atoms with van der Waals surface area (Å²) in [5.41, 5.74) is -6.33. The van der Waals surface area contributed by atoms with Crippen LogP contribution in [0.5, 0.6) is 0 Å². The summed E-state index contributed by atoms with van der Waals surface area (Å²) in [6, 6.07) is 7.09. The largest absolute Gasteiger partial charge is 0.435 e. The molecule has 0 spiro atoms. The zero-order valence-corrected chi connectivity index (χ0v) is 16.6. The number of anilines is 1. The van der Waals surface area contributed by atoms with E-state index in [4.69, 9.17) is 11.6 Å². The van der Waals surface area contributed by atoms with Crippen LogP contribution in [0.3, 0.4) is 0 Å². The minimum Gasteiger partial charge on any atom is -0.321 e. The van der Waals surface area contributed by atoms with E-state index in [2.05, 4.69) is 5.32 Å². The predicted molar refractivity (Wildman–Crippen MR) is 99.4 cm³/mol. The first kappa shape index (κ1) is 24.0. The lowest BCUT2D eigenvalue weighted by Gasteiger charge is -2.31. The van der Waals surface area contributed by atoms with Crippen LogP contribution in [0.2, 0.25) is 0 Å². The van der Waals surface area contributed by atoms with Gasteiger partial charge in [0.2, 0.25) is 0 Å². The average molecular weight is 456 g/mol. The number of nitrogens with one attached hydrogen (secondary N) is 1. The standard InChI is InChI=1S/C20H17ClF7NO/c1-3-13-9-15(18(22,19(23,24)25)20(26,27)28)8-11(2)16(13)29-17(30)14-6-4-12(10-21)5-7-14/h4-9H,3,10H2,1-2H3,(H,29,30). The first-order valence-corrected chi connectivity index (χ1v) is 9.22. The number of hydrogen-bond acceptors (Lipinski definition) is 1. The fourth-order valence-electron chi connectivity index (χ4n) is 2.94. The van der Waals surface area contributed by atoms with Crippen LogP contribution in [0.25, 0.3) is 0 Å². The zero-order valence-electron chi connectivity index (χ0n) is 15.8. The highest BCUT2D eigenvalue weighted by Crippen LogP contribution is 2.53. The van der Waals surface area contributed by atoms with Gasteiger partial charge in [-0.25, -0.2) is 4.39 Å². The molecule has 0 aliphatic rings. The Morgan fingerprint density at radius 2 is 1.50 bits per heavy atom. The van der Waals surface area contributed by atoms with Gasteiger partial charge in [0, 0.05) is 22.7 Å². The Hall–Kier alpha value is -2.29. The zero-order chi connectivity index (χ0) is 22.9. The van der Waals surface area contributed by atoms with Gasteiger partial charge in [0.05, 0.1) is 0 Å². The van der Waals surface area contributed by atoms with Crippen LogP contribution in [0.1, 0.15) is 39.5 Å². The third kappa shape index (κ3) is 4.40. The second-order valence-electron chi connectivity index (χ2n) is 6.62. The fourth-order valence-corrected chi connectivity index (χ4v) is 3.11. The van der Waals surface area contributed by atoms with Crippen molar-refractivity contribution < 1.29 is 35.5 Å². The van der Waals surface area contributed by atoms with E-state index in [1.54, 1.807) is 12.1 Å². The molecule has 2 nitrogen and oxygen atoms in total. The molecule has 1 amide bonds. The quantitative estimate of drug-likeness (QED) is 0.388. The topological polar surface area (TPSA) is 29.1 Å². The summed E-state index contributed by atoms with van der Waals surface area (Å²) in [4.78, 5) is 12.5. The van der Waals surface area contributed by atoms with Crippen LogP contribution in [0, 0.1) is 6.92 Å². The highest BCUT2D eigenvalue weighted by Gasteiger charge is 2.73. The molecule has 2 rings (SSSR count). The van der Waals surface area contributed by atoms with E-state index in [-0.39, 0.29) is 34.7 Å². The summed E-state index contributed by atoms with van der Waals surface area (Å²) in [6.07, 6.45) is -12.5. The van der Waals surface area contributed by atoms with Crippen LogP contribution < -0.4 is 5.32 Å². The van der Waals surface area contributed by atoms with Crippen LogP contribution in [0.15, 0.2) is 36.4 Å². The summed E-state index contributed by atoms with van der Waals surface area (Å²) >= 11 is 5.67. The summed E-state index contributed by atoms with van der Waals surface area (Å²) in [5.74, 6) is -0.397. The van der Waals surface area contributed by atoms with Gasteiger partial charge in [-0.05, 0) is 48.2 Å². The van der Waals surface area contributed by atoms with E-state index in [1.807, 2.05) is 0 Å². The minimum atomic E-state index is -6.21. The Kier molecular flexibility index (Phi) is 6.76. The summed E-state index contributed by atoms with van der Waals surface area (Å²) < 4.78 is 92.9. The number of amides is 1. The minimum absolute atomic E-state index is 0.0272. The monoisotopic (exact) mass is 455 g/mol. The Morgan fingerprint density at radius 3 is 1.93 bits per heavy atom. The van der Waals surface area contributed by atoms with Crippen LogP contribution in [-0.2, 0) is 18.0 Å². The smallest absolute Gasteiger partial charge is 0.321 e. The lowest BCUT2D eigenvalue weighted by atomic mass is 9.89. The molecule has 0 aromatic heterocycles. The summed E-state index contributed by atoms with van der Waals surface area (Å²) in [6.45, 7) is 2.66. The van der Waals surface area contributed by atoms with Crippen molar-refractivity contribution in [2.24, 2.45) is 0 Å². The normalized spacial score (nSPS) is 12.7. The molecular formula is C20H17ClF7NO. The molecule has 0 fully saturated rings. The number of halogens is 8. The number of carbonyl (C=O) groups is 1. The highest BCUT2D eigenvalue weighted by atomic mass is 35.5. The van der Waals surface area contributed by atoms with Crippen molar-refractivity contribution >= 4 is 23.2 Å². The van der Waals surface area contributed by atoms with Crippen molar-refractivity contribution in [1.82, 2.24) is 0 Å². The van der Waals surface area contributed by atoms with Crippen molar-refractivity contribution in [3.05, 3.63) is 64.2 Å². The maximum absolute atomic E-state index is 14.4. The molecule has 0 atom stereocenters. The van der Waals surface area contributed by atoms with Crippen molar-refractivity contribution in [2.45, 2.75) is 44.2 Å². The molecule has 0 bridgehead atoms. The Balaban J connectivity index is 2.50. The Labute approximate surface area is 173 Å². The molecule has 0 saturated carbocycles. The van der Waals surface area contributed by atoms with Crippen LogP contribution >= 0.6 is 11.6 Å². The van der Waals surface area contributed by atoms with Crippen molar-refractivity contribution in [3.8, 4) is 0 Å². The molecule has 30 heavy (non-hydrogen) atoms. The number of hydrogen-bond donors (Lipinski definition) is 1. The highest BCUT2D eigenvalue weighted by molar-refractivity contribution is 6.17. The molecule has 2 aromatic rings. The van der Waals surface area contributed by atoms with Crippen molar-refractivity contribution in [2.75, 3.05) is 5.32 Å². The van der Waals surface area contributed by atoms with Gasteiger partial charge in [0.1, 0.15) is 0 Å². The van der Waals surface area contributed by atoms with Gasteiger partial charge >= 0.3 is 18.0 Å². The first-order valence-electron chi connectivity index (χ1n) is 8.68. The number of aryl methyl sites for hydroxylation is 2. The molecule has 0 aliphatic heterocycles. The van der Waals surface area contributed by atoms with Crippen LogP contribution in [-0.4, -0.2) is 18.3 Å². The van der Waals surface area contributed by atoms with E-state index in [9.17, 15) is 35.5 Å². The second-order valence-corrected chi connectivity index (χ2v) is 6.89. The van der Waals surface area contributed by atoms with E-state index in [1.165, 1.54) is 26.0 Å². The molecule has 1 N–H and O–H groups in total. The van der Waals surface area contributed by atoms with Gasteiger partial charge in [-0.2, -0.15) is 26.3 Å². The predicted octanol–water partition coefficient (Wildman–Crippen LogP) is 6.84. The molecule has 10 heteroatoms. The number of rotatable bonds is 5. The van der Waals surface area contributed by atoms with Gasteiger partial charge in [0.15, 0.2) is 0 Å². The molecular weight excluding hydrogens is 439 g/mol. The SMILES string of the molecule is CCc1cc(C(F)(C(F)(F)F)C(F)(F)F)cc(C)c1NC(=O)c1ccc(CCl)cc1. The molecule has 0 unspecified atom stereocenters. The lowest BCUT2D eigenvalue weighted by Crippen LogP contribution is -2.50. The summed E-state index contributed by atoms with van der Waals surface area (Å²) in [7, 11) is 0. The van der Waals surface area contributed by atoms with Gasteiger partial charge in [-0.3, -0.25) is 4.79 Å². The fraction of sp³-hybridized carbons (Fsp3) is 0.350. The molecule has 164 valence electrons. The lowest BCUT2D eigenvalue weighted by molar-refractivity contribution is -0.348. The number of carbonyl (C=O) groups excluding carboxylic acids is 1. The molecule has 2 aromatic carbocycles. The maximum Gasteiger partial charge on any atom is 0.435 e. The van der Waals surface area contributed by atoms with Gasteiger partial charge in [-0.1, -0.05) is 25.1 Å². The van der Waals surface area contributed by atoms with Gasteiger partial charge < -0.3 is 5.32 Å². The van der Waals surface area contributed by atoms with Gasteiger partial charge in [0.25, 0.3) is 5.91 Å². The van der Waals surface area contributed by atoms with E-state index < -0.39 is 29.5 Å². The molecule has 0 radical (unpaired) electrons. The Bertz CT molecular complexity index is 906. The molecule has 0 heterocycles. The molecule has 0 aliphatic carbocycles. The van der Waals surface area contributed by atoms with E-state index in [0.29, 0.717) is 12.1 Å². The Morgan fingerprint density at radius 1 is 0.967 bits per heavy atom. The van der Waals surface area contributed by atoms with Crippen molar-refractivity contribution in [3.63, 3.8) is 0 Å². The van der Waals surface area contributed by atoms with Crippen molar-refractivity contribution in [1.29, 1.82) is 0 Å². The van der Waals surface area contributed by atoms with E-state index in [0.717, 1.165) is 5.56 Å². The third-order valence-corrected chi connectivity index (χ3v) is 4.89. The number of alkyl halides is 8. The first-order chi connectivity index (χ1) is 13.8. The third-order valence-electron chi connectivity index (χ3n) is 4.59. The maximum atomic E-state index is 14.4. The van der Waals surface area contributed by atoms with Crippen LogP contribution in [0.4, 0.5) is 36.4 Å². The summed E-state index contributed by atoms with van der Waals surface area (Å²) in [5, 5.41) is 2.48. The van der Waals surface area contributed by atoms with Gasteiger partial charge in [-0.15, -0.1) is 11.6 Å². The molecule has 0 saturated heterocycles. The van der Waals surface area contributed by atoms with E-state index >= 15 is 0 Å². The average Bonchev–Trinajstić information content (AvgIpc) is 2.66. The second kappa shape index (κ2) is 8.45. The number of benzene rings is 2.